The molecule has 2 fully saturated rings. The number of nitrogens with one attached hydrogen (secondary N) is 1. The minimum Gasteiger partial charge on any atom is -0.480 e. The maximum absolute atomic E-state index is 13.1. The van der Waals surface area contributed by atoms with Gasteiger partial charge in [-0.3, -0.25) is 14.9 Å². The summed E-state index contributed by atoms with van der Waals surface area (Å²) in [6.07, 6.45) is 5.63. The Balaban J connectivity index is 2.20. The Hall–Kier alpha value is -1.63. The predicted octanol–water partition coefficient (Wildman–Crippen LogP) is 1.46. The number of nitrogens with zero attached hydrogens (tertiary/aromatic N) is 1. The fourth-order valence-electron chi connectivity index (χ4n) is 4.12. The lowest BCUT2D eigenvalue weighted by atomic mass is 9.84. The van der Waals surface area contributed by atoms with E-state index in [9.17, 15) is 19.5 Å². The van der Waals surface area contributed by atoms with Crippen LogP contribution in [0.5, 0.6) is 0 Å². The van der Waals surface area contributed by atoms with Crippen molar-refractivity contribution in [2.45, 2.75) is 83.0 Å². The number of likely N-dealkylation sites (tertiary alicyclic amines) is 1. The van der Waals surface area contributed by atoms with Crippen LogP contribution >= 0.6 is 0 Å². The molecule has 0 radical (unpaired) electrons. The summed E-state index contributed by atoms with van der Waals surface area (Å²) in [7, 11) is 0. The molecule has 24 heavy (non-hydrogen) atoms. The number of rotatable bonds is 7. The maximum atomic E-state index is 13.1. The number of carbonyl (C=O) groups is 3. The summed E-state index contributed by atoms with van der Waals surface area (Å²) in [5.41, 5.74) is 0. The summed E-state index contributed by atoms with van der Waals surface area (Å²) in [5.74, 6) is -1.98. The number of fused-ring (bicyclic) bond motifs is 1. The zero-order chi connectivity index (χ0) is 17.9. The van der Waals surface area contributed by atoms with Gasteiger partial charge in [0.15, 0.2) is 0 Å². The van der Waals surface area contributed by atoms with E-state index in [0.29, 0.717) is 12.8 Å². The Kier molecular flexibility index (Phi) is 6.21. The molecular weight excluding hydrogens is 312 g/mol. The first-order chi connectivity index (χ1) is 11.4. The zero-order valence-electron chi connectivity index (χ0n) is 14.4. The predicted molar refractivity (Wildman–Crippen MR) is 87.6 cm³/mol. The van der Waals surface area contributed by atoms with Crippen LogP contribution in [0.4, 0.5) is 0 Å². The first-order valence-electron chi connectivity index (χ1n) is 8.90. The van der Waals surface area contributed by atoms with Gasteiger partial charge >= 0.3 is 11.9 Å². The minimum atomic E-state index is -1.02. The van der Waals surface area contributed by atoms with Gasteiger partial charge in [0.1, 0.15) is 12.1 Å². The fraction of sp³-hybridized carbons (Fsp3) is 0.824. The van der Waals surface area contributed by atoms with Crippen LogP contribution in [0.25, 0.3) is 0 Å². The highest BCUT2D eigenvalue weighted by Gasteiger charge is 2.48. The molecule has 3 N–H and O–H groups in total. The number of hydrogen-bond donors (Lipinski definition) is 3. The molecule has 5 atom stereocenters. The van der Waals surface area contributed by atoms with Crippen LogP contribution in [-0.4, -0.2) is 57.1 Å². The Morgan fingerprint density at radius 1 is 1.21 bits per heavy atom. The molecule has 0 aromatic rings. The van der Waals surface area contributed by atoms with Crippen LogP contribution in [0.3, 0.4) is 0 Å². The topological polar surface area (TPSA) is 107 Å². The number of carbonyl (C=O) groups excluding carboxylic acids is 1. The summed E-state index contributed by atoms with van der Waals surface area (Å²) in [6.45, 7) is 3.43. The number of carboxylic acid groups (broad SMARTS) is 2. The molecular formula is C17H28N2O5. The number of carboxylic acids is 2. The molecule has 2 aliphatic rings. The van der Waals surface area contributed by atoms with Crippen molar-refractivity contribution in [1.82, 2.24) is 10.2 Å². The number of hydrogen-bond acceptors (Lipinski definition) is 4. The normalized spacial score (nSPS) is 28.9. The van der Waals surface area contributed by atoms with Crippen molar-refractivity contribution in [2.75, 3.05) is 0 Å². The number of aliphatic carboxylic acids is 2. The van der Waals surface area contributed by atoms with Crippen molar-refractivity contribution in [3.8, 4) is 0 Å². The van der Waals surface area contributed by atoms with Crippen molar-refractivity contribution in [2.24, 2.45) is 5.92 Å². The van der Waals surface area contributed by atoms with Gasteiger partial charge in [0.05, 0.1) is 6.04 Å². The summed E-state index contributed by atoms with van der Waals surface area (Å²) in [4.78, 5) is 37.4. The first-order valence-corrected chi connectivity index (χ1v) is 8.90. The lowest BCUT2D eigenvalue weighted by Gasteiger charge is -2.35. The van der Waals surface area contributed by atoms with Crippen LogP contribution in [0.15, 0.2) is 0 Å². The van der Waals surface area contributed by atoms with Gasteiger partial charge in [-0.05, 0) is 38.5 Å². The Morgan fingerprint density at radius 3 is 2.46 bits per heavy atom. The van der Waals surface area contributed by atoms with Crippen molar-refractivity contribution >= 4 is 17.8 Å². The molecule has 1 aliphatic heterocycles. The largest absolute Gasteiger partial charge is 0.480 e. The van der Waals surface area contributed by atoms with E-state index in [2.05, 4.69) is 5.32 Å². The van der Waals surface area contributed by atoms with E-state index in [-0.39, 0.29) is 17.9 Å². The molecule has 0 aromatic heterocycles. The molecule has 7 heteroatoms. The van der Waals surface area contributed by atoms with Gasteiger partial charge in [-0.25, -0.2) is 4.79 Å². The molecule has 1 saturated carbocycles. The molecule has 2 rings (SSSR count). The molecule has 0 aromatic carbocycles. The summed E-state index contributed by atoms with van der Waals surface area (Å²) in [5, 5.41) is 21.5. The van der Waals surface area contributed by atoms with E-state index in [1.54, 1.807) is 4.90 Å². The summed E-state index contributed by atoms with van der Waals surface area (Å²) < 4.78 is 0. The van der Waals surface area contributed by atoms with Crippen molar-refractivity contribution in [3.63, 3.8) is 0 Å². The van der Waals surface area contributed by atoms with Crippen molar-refractivity contribution < 1.29 is 24.6 Å². The van der Waals surface area contributed by atoms with Gasteiger partial charge in [0.25, 0.3) is 0 Å². The molecule has 0 bridgehead atoms. The zero-order valence-corrected chi connectivity index (χ0v) is 14.4. The molecule has 1 aliphatic carbocycles. The second-order valence-electron chi connectivity index (χ2n) is 7.01. The van der Waals surface area contributed by atoms with Gasteiger partial charge in [-0.1, -0.05) is 26.2 Å². The Bertz CT molecular complexity index is 495. The SMILES string of the molecule is CCC[C@H](N[C@@H](C)C(=O)O)C(=O)N1[C@H](C(=O)O)C[C@@H]2CCCC[C@@H]21. The van der Waals surface area contributed by atoms with E-state index in [1.165, 1.54) is 6.92 Å². The lowest BCUT2D eigenvalue weighted by molar-refractivity contribution is -0.151. The van der Waals surface area contributed by atoms with Crippen LogP contribution in [0, 0.1) is 5.92 Å². The Labute approximate surface area is 142 Å². The first kappa shape index (κ1) is 18.7. The lowest BCUT2D eigenvalue weighted by Crippen LogP contribution is -2.56. The smallest absolute Gasteiger partial charge is 0.326 e. The molecule has 7 nitrogen and oxygen atoms in total. The standard InChI is InChI=1S/C17H28N2O5/c1-3-6-12(18-10(2)16(21)22)15(20)19-13-8-5-4-7-11(13)9-14(19)17(23)24/h10-14,18H,3-9H2,1-2H3,(H,21,22)(H,23,24)/t10-,11-,12-,13-,14-/m0/s1. The molecule has 1 saturated heterocycles. The van der Waals surface area contributed by atoms with E-state index >= 15 is 0 Å². The third-order valence-electron chi connectivity index (χ3n) is 5.32. The quantitative estimate of drug-likeness (QED) is 0.648. The van der Waals surface area contributed by atoms with E-state index < -0.39 is 30.1 Å². The number of amides is 1. The van der Waals surface area contributed by atoms with Gasteiger partial charge in [-0.2, -0.15) is 0 Å². The second-order valence-corrected chi connectivity index (χ2v) is 7.01. The van der Waals surface area contributed by atoms with Gasteiger partial charge in [0, 0.05) is 6.04 Å². The summed E-state index contributed by atoms with van der Waals surface area (Å²) >= 11 is 0. The van der Waals surface area contributed by atoms with E-state index in [4.69, 9.17) is 5.11 Å². The fourth-order valence-corrected chi connectivity index (χ4v) is 4.12. The van der Waals surface area contributed by atoms with Crippen LogP contribution < -0.4 is 5.32 Å². The highest BCUT2D eigenvalue weighted by Crippen LogP contribution is 2.40. The van der Waals surface area contributed by atoms with Crippen LogP contribution in [0.1, 0.15) is 58.8 Å². The van der Waals surface area contributed by atoms with Gasteiger partial charge in [-0.15, -0.1) is 0 Å². The molecule has 0 unspecified atom stereocenters. The third kappa shape index (κ3) is 3.88. The third-order valence-corrected chi connectivity index (χ3v) is 5.32. The van der Waals surface area contributed by atoms with Gasteiger partial charge < -0.3 is 15.1 Å². The molecule has 0 spiro atoms. The molecule has 136 valence electrons. The van der Waals surface area contributed by atoms with Gasteiger partial charge in [0.2, 0.25) is 5.91 Å². The van der Waals surface area contributed by atoms with Crippen molar-refractivity contribution in [1.29, 1.82) is 0 Å². The van der Waals surface area contributed by atoms with E-state index in [0.717, 1.165) is 32.1 Å². The molecule has 1 heterocycles. The maximum Gasteiger partial charge on any atom is 0.326 e. The highest BCUT2D eigenvalue weighted by atomic mass is 16.4. The van der Waals surface area contributed by atoms with E-state index in [1.807, 2.05) is 6.92 Å². The Morgan fingerprint density at radius 2 is 1.88 bits per heavy atom. The highest BCUT2D eigenvalue weighted by molar-refractivity contribution is 5.88. The summed E-state index contributed by atoms with van der Waals surface area (Å²) in [6, 6.07) is -2.30. The van der Waals surface area contributed by atoms with Crippen LogP contribution in [-0.2, 0) is 14.4 Å². The van der Waals surface area contributed by atoms with Crippen LogP contribution in [0.2, 0.25) is 0 Å². The minimum absolute atomic E-state index is 0.0198. The monoisotopic (exact) mass is 340 g/mol. The van der Waals surface area contributed by atoms with Crippen molar-refractivity contribution in [3.05, 3.63) is 0 Å². The second kappa shape index (κ2) is 7.96. The average Bonchev–Trinajstić information content (AvgIpc) is 2.93. The average molecular weight is 340 g/mol. The molecule has 1 amide bonds.